The van der Waals surface area contributed by atoms with E-state index in [1.807, 2.05) is 84.9 Å². The lowest BCUT2D eigenvalue weighted by atomic mass is 10.1. The van der Waals surface area contributed by atoms with E-state index in [0.717, 1.165) is 27.8 Å². The largest absolute Gasteiger partial charge is 0.505 e. The Labute approximate surface area is 151 Å². The number of rotatable bonds is 4. The molecule has 0 fully saturated rings. The maximum Gasteiger partial charge on any atom is 0.150 e. The monoisotopic (exact) mass is 339 g/mol. The summed E-state index contributed by atoms with van der Waals surface area (Å²) in [5.74, 6) is 0.124. The van der Waals surface area contributed by atoms with E-state index in [2.05, 4.69) is 15.5 Å². The summed E-state index contributed by atoms with van der Waals surface area (Å²) < 4.78 is 0. The molecule has 0 aliphatic rings. The summed E-state index contributed by atoms with van der Waals surface area (Å²) in [7, 11) is 0. The van der Waals surface area contributed by atoms with Gasteiger partial charge in [0.1, 0.15) is 5.69 Å². The zero-order chi connectivity index (χ0) is 17.8. The zero-order valence-electron chi connectivity index (χ0n) is 14.0. The number of phenolic OH excluding ortho intramolecular Hbond substituents is 1. The van der Waals surface area contributed by atoms with Crippen LogP contribution in [0.3, 0.4) is 0 Å². The van der Waals surface area contributed by atoms with Gasteiger partial charge in [-0.1, -0.05) is 48.5 Å². The third-order valence-corrected chi connectivity index (χ3v) is 4.06. The van der Waals surface area contributed by atoms with Gasteiger partial charge < -0.3 is 10.4 Å². The van der Waals surface area contributed by atoms with E-state index in [1.54, 1.807) is 6.07 Å². The van der Waals surface area contributed by atoms with Crippen molar-refractivity contribution in [1.82, 2.24) is 0 Å². The Morgan fingerprint density at radius 2 is 1.35 bits per heavy atom. The molecule has 4 rings (SSSR count). The van der Waals surface area contributed by atoms with Gasteiger partial charge in [0.15, 0.2) is 5.75 Å². The number of hydrogen-bond donors (Lipinski definition) is 2. The van der Waals surface area contributed by atoms with Crippen LogP contribution in [0, 0.1) is 0 Å². The highest BCUT2D eigenvalue weighted by molar-refractivity contribution is 5.94. The van der Waals surface area contributed by atoms with E-state index in [1.165, 1.54) is 0 Å². The fourth-order valence-electron chi connectivity index (χ4n) is 2.75. The fraction of sp³-hybridized carbons (Fsp3) is 0. The van der Waals surface area contributed by atoms with Gasteiger partial charge in [-0.05, 0) is 47.9 Å². The molecule has 0 amide bonds. The van der Waals surface area contributed by atoms with E-state index in [4.69, 9.17) is 0 Å². The van der Waals surface area contributed by atoms with Crippen molar-refractivity contribution >= 4 is 33.5 Å². The molecule has 2 N–H and O–H groups in total. The Balaban J connectivity index is 1.68. The molecule has 4 nitrogen and oxygen atoms in total. The number of nitrogens with one attached hydrogen (secondary N) is 1. The minimum atomic E-state index is 0.124. The molecule has 0 aliphatic heterocycles. The Morgan fingerprint density at radius 1 is 0.654 bits per heavy atom. The van der Waals surface area contributed by atoms with Gasteiger partial charge in [-0.3, -0.25) is 0 Å². The van der Waals surface area contributed by atoms with Crippen LogP contribution in [0.5, 0.6) is 5.75 Å². The van der Waals surface area contributed by atoms with Gasteiger partial charge in [-0.15, -0.1) is 5.11 Å². The number of benzene rings is 4. The van der Waals surface area contributed by atoms with Crippen molar-refractivity contribution in [2.24, 2.45) is 10.2 Å². The van der Waals surface area contributed by atoms with Crippen molar-refractivity contribution in [3.8, 4) is 5.75 Å². The topological polar surface area (TPSA) is 57.0 Å². The van der Waals surface area contributed by atoms with Crippen LogP contribution in [0.2, 0.25) is 0 Å². The van der Waals surface area contributed by atoms with E-state index in [9.17, 15) is 5.11 Å². The number of nitrogens with zero attached hydrogens (tertiary/aromatic N) is 2. The molecule has 4 aromatic rings. The smallest absolute Gasteiger partial charge is 0.150 e. The normalized spacial score (nSPS) is 11.1. The molecular formula is C22H17N3O. The van der Waals surface area contributed by atoms with Crippen molar-refractivity contribution in [1.29, 1.82) is 0 Å². The minimum absolute atomic E-state index is 0.124. The van der Waals surface area contributed by atoms with Gasteiger partial charge in [0.25, 0.3) is 0 Å². The van der Waals surface area contributed by atoms with Gasteiger partial charge in [0.05, 0.1) is 5.69 Å². The second-order valence-corrected chi connectivity index (χ2v) is 5.90. The number of fused-ring (bicyclic) bond motifs is 1. The Hall–Kier alpha value is -3.66. The van der Waals surface area contributed by atoms with Crippen molar-refractivity contribution in [2.45, 2.75) is 0 Å². The first-order chi connectivity index (χ1) is 12.8. The standard InChI is InChI=1S/C22H17N3O/c26-22-20-15-19(23-17-7-3-1-4-8-17)13-11-16(20)12-14-21(22)25-24-18-9-5-2-6-10-18/h1-15,23,26H. The summed E-state index contributed by atoms with van der Waals surface area (Å²) in [5.41, 5.74) is 3.08. The number of anilines is 2. The zero-order valence-corrected chi connectivity index (χ0v) is 14.0. The van der Waals surface area contributed by atoms with Crippen LogP contribution < -0.4 is 5.32 Å². The Bertz CT molecular complexity index is 1060. The third kappa shape index (κ3) is 3.39. The number of azo groups is 1. The van der Waals surface area contributed by atoms with E-state index >= 15 is 0 Å². The average Bonchev–Trinajstić information content (AvgIpc) is 2.69. The van der Waals surface area contributed by atoms with Gasteiger partial charge in [-0.25, -0.2) is 0 Å². The van der Waals surface area contributed by atoms with E-state index < -0.39 is 0 Å². The van der Waals surface area contributed by atoms with Crippen LogP contribution in [0.15, 0.2) is 101 Å². The van der Waals surface area contributed by atoms with Gasteiger partial charge >= 0.3 is 0 Å². The van der Waals surface area contributed by atoms with Crippen LogP contribution in [-0.4, -0.2) is 5.11 Å². The number of para-hydroxylation sites is 1. The van der Waals surface area contributed by atoms with Crippen molar-refractivity contribution < 1.29 is 5.11 Å². The SMILES string of the molecule is Oc1c(N=Nc2ccccc2)ccc2ccc(Nc3ccccc3)cc12. The molecule has 0 heterocycles. The van der Waals surface area contributed by atoms with Crippen molar-refractivity contribution in [2.75, 3.05) is 5.32 Å². The van der Waals surface area contributed by atoms with Crippen LogP contribution >= 0.6 is 0 Å². The first-order valence-electron chi connectivity index (χ1n) is 8.34. The lowest BCUT2D eigenvalue weighted by molar-refractivity contribution is 0.482. The lowest BCUT2D eigenvalue weighted by Crippen LogP contribution is -1.89. The predicted molar refractivity (Wildman–Crippen MR) is 106 cm³/mol. The van der Waals surface area contributed by atoms with Crippen molar-refractivity contribution in [3.05, 3.63) is 91.0 Å². The average molecular weight is 339 g/mol. The molecule has 0 radical (unpaired) electrons. The summed E-state index contributed by atoms with van der Waals surface area (Å²) in [5, 5.41) is 24.0. The van der Waals surface area contributed by atoms with Gasteiger partial charge in [0.2, 0.25) is 0 Å². The summed E-state index contributed by atoms with van der Waals surface area (Å²) in [6.45, 7) is 0. The van der Waals surface area contributed by atoms with E-state index in [0.29, 0.717) is 5.69 Å². The van der Waals surface area contributed by atoms with Gasteiger partial charge in [0, 0.05) is 16.8 Å². The maximum atomic E-state index is 10.6. The maximum absolute atomic E-state index is 10.6. The Morgan fingerprint density at radius 3 is 2.12 bits per heavy atom. The molecule has 0 unspecified atom stereocenters. The lowest BCUT2D eigenvalue weighted by Gasteiger charge is -2.09. The van der Waals surface area contributed by atoms with E-state index in [-0.39, 0.29) is 5.75 Å². The quantitative estimate of drug-likeness (QED) is 0.406. The second kappa shape index (κ2) is 7.07. The van der Waals surface area contributed by atoms with Crippen LogP contribution in [-0.2, 0) is 0 Å². The number of phenols is 1. The number of aromatic hydroxyl groups is 1. The third-order valence-electron chi connectivity index (χ3n) is 4.06. The molecule has 4 heteroatoms. The fourth-order valence-corrected chi connectivity index (χ4v) is 2.75. The molecule has 0 aliphatic carbocycles. The molecular weight excluding hydrogens is 322 g/mol. The van der Waals surface area contributed by atoms with Crippen LogP contribution in [0.1, 0.15) is 0 Å². The highest BCUT2D eigenvalue weighted by atomic mass is 16.3. The summed E-state index contributed by atoms with van der Waals surface area (Å²) >= 11 is 0. The molecule has 0 aromatic heterocycles. The molecule has 0 spiro atoms. The molecule has 4 aromatic carbocycles. The molecule has 0 saturated carbocycles. The first kappa shape index (κ1) is 15.8. The summed E-state index contributed by atoms with van der Waals surface area (Å²) in [6, 6.07) is 28.9. The minimum Gasteiger partial charge on any atom is -0.505 e. The summed E-state index contributed by atoms with van der Waals surface area (Å²) in [4.78, 5) is 0. The first-order valence-corrected chi connectivity index (χ1v) is 8.34. The number of hydrogen-bond acceptors (Lipinski definition) is 4. The summed E-state index contributed by atoms with van der Waals surface area (Å²) in [6.07, 6.45) is 0. The van der Waals surface area contributed by atoms with Crippen molar-refractivity contribution in [3.63, 3.8) is 0 Å². The Kier molecular flexibility index (Phi) is 4.31. The van der Waals surface area contributed by atoms with Crippen LogP contribution in [0.25, 0.3) is 10.8 Å². The predicted octanol–water partition coefficient (Wildman–Crippen LogP) is 6.70. The highest BCUT2D eigenvalue weighted by Crippen LogP contribution is 2.37. The molecule has 126 valence electrons. The second-order valence-electron chi connectivity index (χ2n) is 5.90. The molecule has 26 heavy (non-hydrogen) atoms. The molecule has 0 saturated heterocycles. The molecule has 0 atom stereocenters. The van der Waals surface area contributed by atoms with Crippen LogP contribution in [0.4, 0.5) is 22.7 Å². The highest BCUT2D eigenvalue weighted by Gasteiger charge is 2.07. The molecule has 0 bridgehead atoms. The van der Waals surface area contributed by atoms with Gasteiger partial charge in [-0.2, -0.15) is 5.11 Å².